The number of ether oxygens (including phenoxy) is 2. The molecule has 2 aromatic carbocycles. The van der Waals surface area contributed by atoms with Gasteiger partial charge in [-0.1, -0.05) is 19.1 Å². The van der Waals surface area contributed by atoms with Crippen LogP contribution in [-0.4, -0.2) is 23.4 Å². The zero-order valence-electron chi connectivity index (χ0n) is 17.5. The Morgan fingerprint density at radius 2 is 1.86 bits per heavy atom. The predicted molar refractivity (Wildman–Crippen MR) is 118 cm³/mol. The molecule has 0 saturated carbocycles. The van der Waals surface area contributed by atoms with Crippen LogP contribution in [0.1, 0.15) is 34.1 Å². The molecule has 0 aliphatic carbocycles. The molecule has 3 aromatic rings. The largest absolute Gasteiger partial charge is 0.494 e. The van der Waals surface area contributed by atoms with Crippen molar-refractivity contribution in [2.45, 2.75) is 46.8 Å². The molecule has 0 radical (unpaired) electrons. The summed E-state index contributed by atoms with van der Waals surface area (Å²) in [5.41, 5.74) is 11.0. The minimum atomic E-state index is -0.462. The number of hydrogen-bond acceptors (Lipinski definition) is 4. The Labute approximate surface area is 171 Å². The lowest BCUT2D eigenvalue weighted by atomic mass is 10.1. The van der Waals surface area contributed by atoms with Crippen molar-refractivity contribution in [3.05, 3.63) is 42.5 Å². The Balaban J connectivity index is 1.99. The van der Waals surface area contributed by atoms with Gasteiger partial charge in [0.1, 0.15) is 5.75 Å². The molecule has 0 bridgehead atoms. The molecule has 1 heterocycles. The highest BCUT2D eigenvalue weighted by Crippen LogP contribution is 2.38. The standard InChI is InChI=1S/C23H29N3O3/c1-5-13-26-20-14-18(28-6-2)11-12-19(20)21(24)22(26)16-7-9-17(10-8-16)25-23(27)29-15(3)4/h7-12,14-15H,5-6,13,24H2,1-4H3,(H,25,27). The minimum absolute atomic E-state index is 0.166. The van der Waals surface area contributed by atoms with Gasteiger partial charge in [0.25, 0.3) is 0 Å². The first-order chi connectivity index (χ1) is 13.9. The first kappa shape index (κ1) is 20.6. The molecule has 0 atom stereocenters. The van der Waals surface area contributed by atoms with Gasteiger partial charge in [-0.15, -0.1) is 0 Å². The maximum atomic E-state index is 11.8. The van der Waals surface area contributed by atoms with Crippen LogP contribution in [0.4, 0.5) is 16.2 Å². The van der Waals surface area contributed by atoms with Crippen molar-refractivity contribution in [1.82, 2.24) is 4.57 Å². The summed E-state index contributed by atoms with van der Waals surface area (Å²) in [6, 6.07) is 13.7. The maximum Gasteiger partial charge on any atom is 0.411 e. The SMILES string of the molecule is CCCn1c(-c2ccc(NC(=O)OC(C)C)cc2)c(N)c2ccc(OCC)cc21. The number of nitrogen functional groups attached to an aromatic ring is 1. The van der Waals surface area contributed by atoms with Crippen LogP contribution >= 0.6 is 0 Å². The van der Waals surface area contributed by atoms with E-state index >= 15 is 0 Å². The molecular weight excluding hydrogens is 366 g/mol. The van der Waals surface area contributed by atoms with Crippen molar-refractivity contribution in [3.63, 3.8) is 0 Å². The summed E-state index contributed by atoms with van der Waals surface area (Å²) in [4.78, 5) is 11.8. The second-order valence-electron chi connectivity index (χ2n) is 7.18. The summed E-state index contributed by atoms with van der Waals surface area (Å²) in [6.07, 6.45) is 0.353. The first-order valence-corrected chi connectivity index (χ1v) is 10.1. The second-order valence-corrected chi connectivity index (χ2v) is 7.18. The van der Waals surface area contributed by atoms with Crippen molar-refractivity contribution in [1.29, 1.82) is 0 Å². The fourth-order valence-electron chi connectivity index (χ4n) is 3.45. The normalized spacial score (nSPS) is 11.1. The van der Waals surface area contributed by atoms with Gasteiger partial charge in [-0.3, -0.25) is 5.32 Å². The summed E-state index contributed by atoms with van der Waals surface area (Å²) < 4.78 is 13.0. The van der Waals surface area contributed by atoms with Gasteiger partial charge < -0.3 is 19.8 Å². The number of nitrogens with one attached hydrogen (secondary N) is 1. The maximum absolute atomic E-state index is 11.8. The molecule has 1 aromatic heterocycles. The fourth-order valence-corrected chi connectivity index (χ4v) is 3.45. The number of hydrogen-bond donors (Lipinski definition) is 2. The summed E-state index contributed by atoms with van der Waals surface area (Å²) in [7, 11) is 0. The molecule has 0 aliphatic heterocycles. The van der Waals surface area contributed by atoms with Crippen LogP contribution in [0.2, 0.25) is 0 Å². The van der Waals surface area contributed by atoms with Crippen molar-refractivity contribution in [2.24, 2.45) is 0 Å². The number of benzene rings is 2. The molecular formula is C23H29N3O3. The van der Waals surface area contributed by atoms with E-state index in [2.05, 4.69) is 16.8 Å². The quantitative estimate of drug-likeness (QED) is 0.541. The van der Waals surface area contributed by atoms with Crippen LogP contribution < -0.4 is 15.8 Å². The molecule has 0 spiro atoms. The monoisotopic (exact) mass is 395 g/mol. The third kappa shape index (κ3) is 4.47. The third-order valence-corrected chi connectivity index (χ3v) is 4.58. The van der Waals surface area contributed by atoms with Crippen molar-refractivity contribution in [2.75, 3.05) is 17.7 Å². The average molecular weight is 396 g/mol. The van der Waals surface area contributed by atoms with E-state index in [1.54, 1.807) is 0 Å². The zero-order valence-corrected chi connectivity index (χ0v) is 17.5. The Morgan fingerprint density at radius 3 is 2.48 bits per heavy atom. The zero-order chi connectivity index (χ0) is 21.0. The molecule has 3 rings (SSSR count). The van der Waals surface area contributed by atoms with E-state index in [1.807, 2.05) is 63.2 Å². The van der Waals surface area contributed by atoms with Crippen molar-refractivity contribution in [3.8, 4) is 17.0 Å². The minimum Gasteiger partial charge on any atom is -0.494 e. The van der Waals surface area contributed by atoms with E-state index in [4.69, 9.17) is 15.2 Å². The van der Waals surface area contributed by atoms with E-state index in [0.717, 1.165) is 46.6 Å². The number of nitrogens with zero attached hydrogens (tertiary/aromatic N) is 1. The van der Waals surface area contributed by atoms with Crippen LogP contribution in [0.25, 0.3) is 22.2 Å². The van der Waals surface area contributed by atoms with Crippen molar-refractivity contribution >= 4 is 28.4 Å². The number of carbonyl (C=O) groups excluding carboxylic acids is 1. The van der Waals surface area contributed by atoms with Crippen molar-refractivity contribution < 1.29 is 14.3 Å². The van der Waals surface area contributed by atoms with Gasteiger partial charge in [-0.05, 0) is 51.5 Å². The highest BCUT2D eigenvalue weighted by atomic mass is 16.6. The number of nitrogens with two attached hydrogens (primary N) is 1. The van der Waals surface area contributed by atoms with Gasteiger partial charge in [0.05, 0.1) is 29.6 Å². The topological polar surface area (TPSA) is 78.5 Å². The Kier molecular flexibility index (Phi) is 6.32. The van der Waals surface area contributed by atoms with E-state index < -0.39 is 6.09 Å². The summed E-state index contributed by atoms with van der Waals surface area (Å²) >= 11 is 0. The summed E-state index contributed by atoms with van der Waals surface area (Å²) in [5.74, 6) is 0.838. The number of aryl methyl sites for hydroxylation is 1. The van der Waals surface area contributed by atoms with E-state index in [9.17, 15) is 4.79 Å². The average Bonchev–Trinajstić information content (AvgIpc) is 2.94. The number of aromatic nitrogens is 1. The first-order valence-electron chi connectivity index (χ1n) is 10.1. The molecule has 154 valence electrons. The smallest absolute Gasteiger partial charge is 0.411 e. The number of rotatable bonds is 7. The van der Waals surface area contributed by atoms with E-state index in [-0.39, 0.29) is 6.10 Å². The number of anilines is 2. The molecule has 0 fully saturated rings. The van der Waals surface area contributed by atoms with Gasteiger partial charge in [-0.2, -0.15) is 0 Å². The van der Waals surface area contributed by atoms with Gasteiger partial charge in [0.2, 0.25) is 0 Å². The van der Waals surface area contributed by atoms with Gasteiger partial charge in [0, 0.05) is 29.2 Å². The molecule has 6 heteroatoms. The van der Waals surface area contributed by atoms with Crippen LogP contribution in [0.3, 0.4) is 0 Å². The third-order valence-electron chi connectivity index (χ3n) is 4.58. The van der Waals surface area contributed by atoms with Gasteiger partial charge in [0.15, 0.2) is 0 Å². The number of fused-ring (bicyclic) bond motifs is 1. The number of carbonyl (C=O) groups is 1. The van der Waals surface area contributed by atoms with E-state index in [0.29, 0.717) is 12.3 Å². The lowest BCUT2D eigenvalue weighted by Crippen LogP contribution is -2.17. The molecule has 0 aliphatic rings. The second kappa shape index (κ2) is 8.90. The molecule has 6 nitrogen and oxygen atoms in total. The molecule has 0 saturated heterocycles. The Morgan fingerprint density at radius 1 is 1.14 bits per heavy atom. The lowest BCUT2D eigenvalue weighted by Gasteiger charge is -2.12. The Hall–Kier alpha value is -3.15. The van der Waals surface area contributed by atoms with Crippen LogP contribution in [0.15, 0.2) is 42.5 Å². The molecule has 29 heavy (non-hydrogen) atoms. The van der Waals surface area contributed by atoms with Gasteiger partial charge in [-0.25, -0.2) is 4.79 Å². The molecule has 3 N–H and O–H groups in total. The highest BCUT2D eigenvalue weighted by Gasteiger charge is 2.17. The number of amides is 1. The summed E-state index contributed by atoms with van der Waals surface area (Å²) in [5, 5.41) is 3.75. The Bertz CT molecular complexity index is 991. The fraction of sp³-hybridized carbons (Fsp3) is 0.348. The predicted octanol–water partition coefficient (Wildman–Crippen LogP) is 5.66. The van der Waals surface area contributed by atoms with E-state index in [1.165, 1.54) is 0 Å². The van der Waals surface area contributed by atoms with Crippen LogP contribution in [0, 0.1) is 0 Å². The van der Waals surface area contributed by atoms with Gasteiger partial charge >= 0.3 is 6.09 Å². The lowest BCUT2D eigenvalue weighted by molar-refractivity contribution is 0.130. The van der Waals surface area contributed by atoms with Crippen LogP contribution in [0.5, 0.6) is 5.75 Å². The van der Waals surface area contributed by atoms with Crippen LogP contribution in [-0.2, 0) is 11.3 Å². The molecule has 0 unspecified atom stereocenters. The highest BCUT2D eigenvalue weighted by molar-refractivity contribution is 6.01. The summed E-state index contributed by atoms with van der Waals surface area (Å²) in [6.45, 7) is 9.21. The molecule has 1 amide bonds.